The van der Waals surface area contributed by atoms with Crippen LogP contribution in [0.25, 0.3) is 0 Å². The van der Waals surface area contributed by atoms with Crippen LogP contribution in [0.1, 0.15) is 63.5 Å². The van der Waals surface area contributed by atoms with Gasteiger partial charge in [-0.2, -0.15) is 21.4 Å². The molecule has 2 aliphatic rings. The standard InChI is InChI=1S/C40H52N2O11S2/c1-39(21-25-51-3)32-28-30(54(45,46)47)17-19-34(32)41(23-13-9-12-16-38(43)44)36(39)14-10-7-6-8-11-15-37-40(2,22-26-52-4)33-29-31(55(48,49)50)18-20-35(33)42(37)24-27-53-5/h6-8,10-11,14-15,17-20,28-29H,9,12-13,16,21-27H2,1-5H3,(H2-,43,44,45,46,47,48,49,50)/p+1. The van der Waals surface area contributed by atoms with Crippen LogP contribution in [-0.2, 0) is 50.1 Å². The van der Waals surface area contributed by atoms with Gasteiger partial charge in [-0.1, -0.05) is 30.4 Å². The molecule has 2 unspecified atom stereocenters. The van der Waals surface area contributed by atoms with Gasteiger partial charge in [-0.25, -0.2) is 0 Å². The molecule has 2 atom stereocenters. The van der Waals surface area contributed by atoms with Gasteiger partial charge < -0.3 is 24.2 Å². The second-order valence-electron chi connectivity index (χ2n) is 14.0. The van der Waals surface area contributed by atoms with E-state index in [2.05, 4.69) is 9.48 Å². The molecule has 2 heterocycles. The second-order valence-corrected chi connectivity index (χ2v) is 16.9. The van der Waals surface area contributed by atoms with Crippen molar-refractivity contribution in [2.24, 2.45) is 0 Å². The van der Waals surface area contributed by atoms with E-state index in [1.54, 1.807) is 33.5 Å². The SMILES string of the molecule is COCCN1/C(=C/C=C/C=C/C=C/C2=[N+](CCCCCC(=O)O)c3ccc(S(=O)(=O)O)cc3C2(C)CCOC)C(C)(CCOC)c2cc(S(=O)(=O)O)ccc21. The topological polar surface area (TPSA) is 180 Å². The molecule has 0 bridgehead atoms. The van der Waals surface area contributed by atoms with E-state index < -0.39 is 37.0 Å². The third-order valence-electron chi connectivity index (χ3n) is 10.4. The van der Waals surface area contributed by atoms with Crippen molar-refractivity contribution < 1.29 is 54.6 Å². The second kappa shape index (κ2) is 18.8. The molecule has 300 valence electrons. The highest BCUT2D eigenvalue weighted by Gasteiger charge is 2.48. The molecule has 0 saturated heterocycles. The van der Waals surface area contributed by atoms with Gasteiger partial charge in [0, 0.05) is 88.4 Å². The molecule has 55 heavy (non-hydrogen) atoms. The highest BCUT2D eigenvalue weighted by Crippen LogP contribution is 2.50. The number of unbranched alkanes of at least 4 members (excludes halogenated alkanes) is 2. The Morgan fingerprint density at radius 2 is 1.35 bits per heavy atom. The van der Waals surface area contributed by atoms with Crippen LogP contribution in [-0.4, -0.2) is 102 Å². The molecular formula is C40H53N2O11S2+. The summed E-state index contributed by atoms with van der Waals surface area (Å²) in [5.74, 6) is -0.838. The Balaban J connectivity index is 1.68. The van der Waals surface area contributed by atoms with Crippen molar-refractivity contribution in [1.29, 1.82) is 0 Å². The summed E-state index contributed by atoms with van der Waals surface area (Å²) in [6.45, 7) is 6.37. The number of carboxylic acids is 1. The number of fused-ring (bicyclic) bond motifs is 2. The Kier molecular flexibility index (Phi) is 14.9. The molecule has 0 aromatic heterocycles. The van der Waals surface area contributed by atoms with E-state index in [0.29, 0.717) is 65.0 Å². The molecule has 4 rings (SSSR count). The highest BCUT2D eigenvalue weighted by molar-refractivity contribution is 7.86. The van der Waals surface area contributed by atoms with Crippen LogP contribution in [0, 0.1) is 0 Å². The lowest BCUT2D eigenvalue weighted by atomic mass is 9.76. The van der Waals surface area contributed by atoms with Gasteiger partial charge in [-0.15, -0.1) is 0 Å². The molecule has 0 aliphatic carbocycles. The van der Waals surface area contributed by atoms with Crippen LogP contribution in [0.3, 0.4) is 0 Å². The molecule has 0 fully saturated rings. The molecule has 13 nitrogen and oxygen atoms in total. The van der Waals surface area contributed by atoms with E-state index in [-0.39, 0.29) is 16.2 Å². The summed E-state index contributed by atoms with van der Waals surface area (Å²) < 4.78 is 86.5. The van der Waals surface area contributed by atoms with Crippen molar-refractivity contribution in [2.75, 3.05) is 59.1 Å². The number of nitrogens with zero attached hydrogens (tertiary/aromatic N) is 2. The monoisotopic (exact) mass is 801 g/mol. The van der Waals surface area contributed by atoms with E-state index in [9.17, 15) is 30.7 Å². The average molecular weight is 802 g/mol. The molecule has 0 amide bonds. The van der Waals surface area contributed by atoms with E-state index in [0.717, 1.165) is 33.9 Å². The maximum atomic E-state index is 12.1. The fraction of sp³-hybridized carbons (Fsp3) is 0.450. The lowest BCUT2D eigenvalue weighted by molar-refractivity contribution is -0.438. The number of rotatable bonds is 21. The lowest BCUT2D eigenvalue weighted by Gasteiger charge is -2.30. The van der Waals surface area contributed by atoms with Crippen LogP contribution in [0.4, 0.5) is 11.4 Å². The third-order valence-corrected chi connectivity index (χ3v) is 12.1. The van der Waals surface area contributed by atoms with Crippen LogP contribution < -0.4 is 4.90 Å². The maximum Gasteiger partial charge on any atom is 0.303 e. The number of hydrogen-bond acceptors (Lipinski definition) is 9. The van der Waals surface area contributed by atoms with Crippen molar-refractivity contribution in [1.82, 2.24) is 0 Å². The molecule has 2 aliphatic heterocycles. The molecule has 15 heteroatoms. The fourth-order valence-corrected chi connectivity index (χ4v) is 8.41. The predicted molar refractivity (Wildman–Crippen MR) is 211 cm³/mol. The summed E-state index contributed by atoms with van der Waals surface area (Å²) in [7, 11) is -4.04. The number of carboxylic acid groups (broad SMARTS) is 1. The van der Waals surface area contributed by atoms with Crippen molar-refractivity contribution in [3.8, 4) is 0 Å². The summed E-state index contributed by atoms with van der Waals surface area (Å²) >= 11 is 0. The predicted octanol–water partition coefficient (Wildman–Crippen LogP) is 6.23. The first-order valence-electron chi connectivity index (χ1n) is 18.1. The molecule has 0 saturated carbocycles. The van der Waals surface area contributed by atoms with Gasteiger partial charge in [0.25, 0.3) is 20.2 Å². The molecule has 2 aromatic carbocycles. The van der Waals surface area contributed by atoms with Gasteiger partial charge in [-0.3, -0.25) is 13.9 Å². The van der Waals surface area contributed by atoms with Gasteiger partial charge in [0.05, 0.1) is 21.8 Å². The van der Waals surface area contributed by atoms with Gasteiger partial charge in [0.2, 0.25) is 5.69 Å². The maximum absolute atomic E-state index is 12.1. The Morgan fingerprint density at radius 3 is 1.96 bits per heavy atom. The fourth-order valence-electron chi connectivity index (χ4n) is 7.40. The summed E-state index contributed by atoms with van der Waals surface area (Å²) in [5.41, 5.74) is 3.67. The first-order chi connectivity index (χ1) is 26.0. The number of carbonyl (C=O) groups is 1. The van der Waals surface area contributed by atoms with Gasteiger partial charge in [0.15, 0.2) is 5.71 Å². The van der Waals surface area contributed by atoms with Crippen molar-refractivity contribution >= 4 is 43.3 Å². The Labute approximate surface area is 324 Å². The normalized spacial score (nSPS) is 20.9. The highest BCUT2D eigenvalue weighted by atomic mass is 32.2. The summed E-state index contributed by atoms with van der Waals surface area (Å²) in [5, 5.41) is 9.08. The van der Waals surface area contributed by atoms with Gasteiger partial charge >= 0.3 is 5.97 Å². The van der Waals surface area contributed by atoms with Crippen molar-refractivity contribution in [2.45, 2.75) is 73.0 Å². The quantitative estimate of drug-likeness (QED) is 0.0562. The Bertz CT molecular complexity index is 2090. The number of ether oxygens (including phenoxy) is 3. The number of methoxy groups -OCH3 is 3. The Hall–Kier alpha value is -3.96. The zero-order valence-corrected chi connectivity index (χ0v) is 33.7. The van der Waals surface area contributed by atoms with Gasteiger partial charge in [0.1, 0.15) is 6.54 Å². The first-order valence-corrected chi connectivity index (χ1v) is 21.0. The molecule has 2 aromatic rings. The zero-order valence-electron chi connectivity index (χ0n) is 32.1. The Morgan fingerprint density at radius 1 is 0.764 bits per heavy atom. The first kappa shape index (κ1) is 43.8. The zero-order chi connectivity index (χ0) is 40.4. The smallest absolute Gasteiger partial charge is 0.303 e. The molecule has 0 radical (unpaired) electrons. The average Bonchev–Trinajstić information content (AvgIpc) is 3.50. The number of aliphatic carboxylic acids is 1. The van der Waals surface area contributed by atoms with Crippen LogP contribution in [0.2, 0.25) is 0 Å². The minimum Gasteiger partial charge on any atom is -0.481 e. The summed E-state index contributed by atoms with van der Waals surface area (Å²) in [6.07, 6.45) is 16.5. The summed E-state index contributed by atoms with van der Waals surface area (Å²) in [4.78, 5) is 12.8. The third kappa shape index (κ3) is 10.3. The number of hydrogen-bond donors (Lipinski definition) is 3. The van der Waals surface area contributed by atoms with Crippen LogP contribution in [0.5, 0.6) is 0 Å². The van der Waals surface area contributed by atoms with Crippen LogP contribution in [0.15, 0.2) is 94.4 Å². The number of allylic oxidation sites excluding steroid dienone is 8. The molecule has 0 spiro atoms. The largest absolute Gasteiger partial charge is 0.481 e. The van der Waals surface area contributed by atoms with E-state index >= 15 is 0 Å². The lowest BCUT2D eigenvalue weighted by Crippen LogP contribution is -2.33. The van der Waals surface area contributed by atoms with Crippen LogP contribution >= 0.6 is 0 Å². The van der Waals surface area contributed by atoms with E-state index in [1.807, 2.05) is 56.4 Å². The molecular weight excluding hydrogens is 749 g/mol. The number of benzene rings is 2. The van der Waals surface area contributed by atoms with Gasteiger partial charge in [-0.05, 0) is 81.5 Å². The minimum atomic E-state index is -4.45. The number of anilines is 1. The van der Waals surface area contributed by atoms with E-state index in [1.165, 1.54) is 24.3 Å². The minimum absolute atomic E-state index is 0.0881. The van der Waals surface area contributed by atoms with Crippen molar-refractivity contribution in [3.63, 3.8) is 0 Å². The summed E-state index contributed by atoms with van der Waals surface area (Å²) in [6, 6.07) is 9.24. The van der Waals surface area contributed by atoms with Crippen molar-refractivity contribution in [3.05, 3.63) is 95.8 Å². The van der Waals surface area contributed by atoms with E-state index in [4.69, 9.17) is 19.3 Å². The molecule has 3 N–H and O–H groups in total.